The molecule has 1 aliphatic rings. The summed E-state index contributed by atoms with van der Waals surface area (Å²) in [4.78, 5) is 41.1. The molecule has 5 rings (SSSR count). The number of nitrogens with zero attached hydrogens (tertiary/aromatic N) is 1. The van der Waals surface area contributed by atoms with Crippen LogP contribution in [-0.4, -0.2) is 36.4 Å². The highest BCUT2D eigenvalue weighted by Gasteiger charge is 2.56. The van der Waals surface area contributed by atoms with Crippen molar-refractivity contribution >= 4 is 40.0 Å². The molecule has 0 radical (unpaired) electrons. The number of hydrogen-bond donors (Lipinski definition) is 3. The molecule has 0 spiro atoms. The third-order valence-corrected chi connectivity index (χ3v) is 7.94. The monoisotopic (exact) mass is 646 g/mol. The van der Waals surface area contributed by atoms with Crippen LogP contribution in [0.5, 0.6) is 23.0 Å². The molecule has 12 heteroatoms. The number of nitrogens with two attached hydrogens (primary N) is 1. The molecule has 3 amide bonds. The number of rotatable bonds is 16. The van der Waals surface area contributed by atoms with Gasteiger partial charge in [-0.3, -0.25) is 19.4 Å². The van der Waals surface area contributed by atoms with Gasteiger partial charge in [-0.2, -0.15) is 0 Å². The Morgan fingerprint density at radius 2 is 1.49 bits per heavy atom. The number of primary amides is 1. The maximum absolute atomic E-state index is 15.2. The van der Waals surface area contributed by atoms with Gasteiger partial charge in [-0.1, -0.05) is 19.3 Å². The summed E-state index contributed by atoms with van der Waals surface area (Å²) in [5, 5.41) is 5.85. The van der Waals surface area contributed by atoms with E-state index in [1.165, 1.54) is 43.5 Å². The molecule has 1 saturated carbocycles. The molecule has 0 saturated heterocycles. The standard InChI is InChI=1S/C35H36F2N4O6/c1-45-30-20-25-27(21-31(30)46-18-6-4-2-3-5-7-32(38)42)39-17-14-28(25)47-29-13-12-24(19-26(29)37)41-34(44)35(15-16-35)33(43)40-23-10-8-22(36)9-11-23/h8-14,17,19-21H,2-7,15-16,18H2,1H3,(H2,38,42)(H,40,43)(H,41,44). The zero-order valence-corrected chi connectivity index (χ0v) is 25.9. The summed E-state index contributed by atoms with van der Waals surface area (Å²) < 4.78 is 45.9. The van der Waals surface area contributed by atoms with Gasteiger partial charge < -0.3 is 30.6 Å². The highest BCUT2D eigenvalue weighted by molar-refractivity contribution is 6.16. The molecule has 0 bridgehead atoms. The Hall–Kier alpha value is -5.26. The van der Waals surface area contributed by atoms with Crippen LogP contribution in [0.4, 0.5) is 20.2 Å². The molecular formula is C35H36F2N4O6. The van der Waals surface area contributed by atoms with Crippen molar-refractivity contribution < 1.29 is 37.4 Å². The maximum atomic E-state index is 15.2. The van der Waals surface area contributed by atoms with E-state index >= 15 is 4.39 Å². The van der Waals surface area contributed by atoms with E-state index in [1.54, 1.807) is 24.4 Å². The largest absolute Gasteiger partial charge is 0.493 e. The second kappa shape index (κ2) is 14.9. The summed E-state index contributed by atoms with van der Waals surface area (Å²) in [5.74, 6) is -1.28. The molecule has 1 fully saturated rings. The van der Waals surface area contributed by atoms with Gasteiger partial charge in [0, 0.05) is 41.5 Å². The number of carbonyl (C=O) groups excluding carboxylic acids is 3. The maximum Gasteiger partial charge on any atom is 0.240 e. The molecule has 1 aliphatic carbocycles. The number of anilines is 2. The summed E-state index contributed by atoms with van der Waals surface area (Å²) >= 11 is 0. The van der Waals surface area contributed by atoms with E-state index in [2.05, 4.69) is 15.6 Å². The Morgan fingerprint density at radius 3 is 2.17 bits per heavy atom. The Labute approximate surface area is 270 Å². The second-order valence-electron chi connectivity index (χ2n) is 11.4. The number of amides is 3. The summed E-state index contributed by atoms with van der Waals surface area (Å²) in [6.45, 7) is 0.474. The number of methoxy groups -OCH3 is 1. The Balaban J connectivity index is 1.20. The van der Waals surface area contributed by atoms with Crippen LogP contribution in [0.3, 0.4) is 0 Å². The molecule has 0 unspecified atom stereocenters. The number of carbonyl (C=O) groups is 3. The van der Waals surface area contributed by atoms with Crippen LogP contribution >= 0.6 is 0 Å². The van der Waals surface area contributed by atoms with E-state index in [0.717, 1.165) is 38.2 Å². The Kier molecular flexibility index (Phi) is 10.5. The smallest absolute Gasteiger partial charge is 0.240 e. The van der Waals surface area contributed by atoms with Crippen molar-refractivity contribution in [3.63, 3.8) is 0 Å². The zero-order chi connectivity index (χ0) is 33.4. The Morgan fingerprint density at radius 1 is 0.809 bits per heavy atom. The van der Waals surface area contributed by atoms with Gasteiger partial charge in [0.05, 0.1) is 19.2 Å². The summed E-state index contributed by atoms with van der Waals surface area (Å²) in [6, 6.07) is 14.3. The number of ether oxygens (including phenoxy) is 3. The summed E-state index contributed by atoms with van der Waals surface area (Å²) in [7, 11) is 1.52. The molecule has 47 heavy (non-hydrogen) atoms. The van der Waals surface area contributed by atoms with Gasteiger partial charge in [0.25, 0.3) is 0 Å². The molecule has 246 valence electrons. The number of unbranched alkanes of at least 4 members (excludes halogenated alkanes) is 4. The first-order valence-corrected chi connectivity index (χ1v) is 15.4. The van der Waals surface area contributed by atoms with Gasteiger partial charge in [-0.15, -0.1) is 0 Å². The molecular weight excluding hydrogens is 610 g/mol. The minimum atomic E-state index is -1.29. The van der Waals surface area contributed by atoms with Crippen LogP contribution in [0.2, 0.25) is 0 Å². The fraction of sp³-hybridized carbons (Fsp3) is 0.314. The highest BCUT2D eigenvalue weighted by Crippen LogP contribution is 2.47. The topological polar surface area (TPSA) is 142 Å². The molecule has 4 aromatic rings. The van der Waals surface area contributed by atoms with Crippen LogP contribution in [0.1, 0.15) is 51.4 Å². The van der Waals surface area contributed by atoms with Crippen LogP contribution in [0, 0.1) is 17.0 Å². The van der Waals surface area contributed by atoms with Crippen molar-refractivity contribution in [2.24, 2.45) is 11.1 Å². The number of benzene rings is 3. The average molecular weight is 647 g/mol. The molecule has 1 heterocycles. The number of halogens is 2. The molecule has 3 aromatic carbocycles. The Bertz CT molecular complexity index is 1760. The SMILES string of the molecule is COc1cc2c(Oc3ccc(NC(=O)C4(C(=O)Nc5ccc(F)cc5)CC4)cc3F)ccnc2cc1OCCCCCCCC(N)=O. The summed E-state index contributed by atoms with van der Waals surface area (Å²) in [5.41, 5.74) is 4.97. The normalized spacial score (nSPS) is 13.1. The van der Waals surface area contributed by atoms with Gasteiger partial charge in [0.1, 0.15) is 17.0 Å². The number of pyridine rings is 1. The lowest BCUT2D eigenvalue weighted by Crippen LogP contribution is -2.35. The van der Waals surface area contributed by atoms with Gasteiger partial charge >= 0.3 is 0 Å². The number of hydrogen-bond acceptors (Lipinski definition) is 7. The van der Waals surface area contributed by atoms with Crippen LogP contribution in [-0.2, 0) is 14.4 Å². The first kappa shape index (κ1) is 33.1. The second-order valence-corrected chi connectivity index (χ2v) is 11.4. The van der Waals surface area contributed by atoms with Crippen LogP contribution in [0.25, 0.3) is 10.9 Å². The number of aromatic nitrogens is 1. The zero-order valence-electron chi connectivity index (χ0n) is 25.9. The van der Waals surface area contributed by atoms with Gasteiger partial charge in [-0.05, 0) is 74.2 Å². The number of fused-ring (bicyclic) bond motifs is 1. The predicted molar refractivity (Wildman–Crippen MR) is 172 cm³/mol. The molecule has 0 aliphatic heterocycles. The van der Waals surface area contributed by atoms with Crippen molar-refractivity contribution in [1.82, 2.24) is 4.98 Å². The minimum absolute atomic E-state index is 0.0826. The average Bonchev–Trinajstić information content (AvgIpc) is 3.87. The van der Waals surface area contributed by atoms with Crippen LogP contribution in [0.15, 0.2) is 66.9 Å². The van der Waals surface area contributed by atoms with E-state index in [4.69, 9.17) is 19.9 Å². The van der Waals surface area contributed by atoms with Crippen molar-refractivity contribution in [3.8, 4) is 23.0 Å². The lowest BCUT2D eigenvalue weighted by Gasteiger charge is -2.16. The van der Waals surface area contributed by atoms with Gasteiger partial charge in [0.15, 0.2) is 23.1 Å². The van der Waals surface area contributed by atoms with Crippen molar-refractivity contribution in [2.75, 3.05) is 24.4 Å². The van der Waals surface area contributed by atoms with E-state index in [9.17, 15) is 18.8 Å². The molecule has 0 atom stereocenters. The lowest BCUT2D eigenvalue weighted by atomic mass is 10.0. The van der Waals surface area contributed by atoms with E-state index in [-0.39, 0.29) is 17.3 Å². The lowest BCUT2D eigenvalue weighted by molar-refractivity contribution is -0.131. The molecule has 1 aromatic heterocycles. The predicted octanol–water partition coefficient (Wildman–Crippen LogP) is 6.88. The summed E-state index contributed by atoms with van der Waals surface area (Å²) in [6.07, 6.45) is 7.10. The number of nitrogens with one attached hydrogen (secondary N) is 2. The van der Waals surface area contributed by atoms with E-state index in [1.807, 2.05) is 0 Å². The molecule has 10 nitrogen and oxygen atoms in total. The third-order valence-electron chi connectivity index (χ3n) is 7.94. The van der Waals surface area contributed by atoms with Gasteiger partial charge in [0.2, 0.25) is 17.7 Å². The first-order valence-electron chi connectivity index (χ1n) is 15.4. The highest BCUT2D eigenvalue weighted by atomic mass is 19.1. The fourth-order valence-corrected chi connectivity index (χ4v) is 5.10. The quantitative estimate of drug-likeness (QED) is 0.0890. The van der Waals surface area contributed by atoms with Gasteiger partial charge in [-0.25, -0.2) is 8.78 Å². The fourth-order valence-electron chi connectivity index (χ4n) is 5.10. The third kappa shape index (κ3) is 8.32. The van der Waals surface area contributed by atoms with Crippen molar-refractivity contribution in [3.05, 3.63) is 78.5 Å². The van der Waals surface area contributed by atoms with E-state index < -0.39 is 28.9 Å². The molecule has 4 N–H and O–H groups in total. The first-order chi connectivity index (χ1) is 22.7. The van der Waals surface area contributed by atoms with Crippen molar-refractivity contribution in [1.29, 1.82) is 0 Å². The minimum Gasteiger partial charge on any atom is -0.493 e. The van der Waals surface area contributed by atoms with Crippen molar-refractivity contribution in [2.45, 2.75) is 51.4 Å². The van der Waals surface area contributed by atoms with Crippen LogP contribution < -0.4 is 30.6 Å². The van der Waals surface area contributed by atoms with E-state index in [0.29, 0.717) is 59.7 Å².